The van der Waals surface area contributed by atoms with E-state index in [1.807, 2.05) is 0 Å². The summed E-state index contributed by atoms with van der Waals surface area (Å²) in [5.74, 6) is 0. The number of rotatable bonds is 8. The molecule has 1 aliphatic carbocycles. The van der Waals surface area contributed by atoms with Crippen molar-refractivity contribution >= 4 is 0 Å². The van der Waals surface area contributed by atoms with E-state index in [0.29, 0.717) is 5.41 Å². The summed E-state index contributed by atoms with van der Waals surface area (Å²) in [5, 5.41) is 3.80. The monoisotopic (exact) mass is 237 g/mol. The molecule has 1 atom stereocenters. The zero-order chi connectivity index (χ0) is 12.6. The average Bonchev–Trinajstić information content (AvgIpc) is 2.34. The van der Waals surface area contributed by atoms with E-state index in [0.717, 1.165) is 6.04 Å². The van der Waals surface area contributed by atoms with E-state index in [-0.39, 0.29) is 0 Å². The van der Waals surface area contributed by atoms with Crippen LogP contribution in [0.5, 0.6) is 0 Å². The Labute approximate surface area is 108 Å². The smallest absolute Gasteiger partial charge is 0.0121 e. The molecule has 0 amide bonds. The second kappa shape index (κ2) is 7.92. The molecule has 1 nitrogen and oxygen atoms in total. The van der Waals surface area contributed by atoms with E-state index < -0.39 is 0 Å². The van der Waals surface area contributed by atoms with Crippen molar-refractivity contribution in [3.63, 3.8) is 0 Å². The Kier molecular flexibility index (Phi) is 6.87. The van der Waals surface area contributed by atoms with Gasteiger partial charge in [-0.1, -0.05) is 39.2 Å². The average molecular weight is 237 g/mol. The number of unbranched alkanes of at least 4 members (excludes halogenated alkanes) is 1. The Balaban J connectivity index is 2.49. The van der Waals surface area contributed by atoms with Crippen LogP contribution >= 0.6 is 0 Å². The van der Waals surface area contributed by atoms with E-state index in [1.54, 1.807) is 0 Å². The topological polar surface area (TPSA) is 12.0 Å². The third-order valence-corrected chi connectivity index (χ3v) is 4.38. The highest BCUT2D eigenvalue weighted by atomic mass is 14.9. The van der Waals surface area contributed by atoms with Crippen molar-refractivity contribution in [3.05, 3.63) is 12.7 Å². The van der Waals surface area contributed by atoms with Crippen molar-refractivity contribution in [3.8, 4) is 0 Å². The van der Waals surface area contributed by atoms with Crippen LogP contribution in [0.25, 0.3) is 0 Å². The molecule has 0 aromatic carbocycles. The van der Waals surface area contributed by atoms with Crippen LogP contribution in [0.4, 0.5) is 0 Å². The summed E-state index contributed by atoms with van der Waals surface area (Å²) in [6.45, 7) is 9.77. The summed E-state index contributed by atoms with van der Waals surface area (Å²) in [6.07, 6.45) is 14.2. The van der Waals surface area contributed by atoms with Crippen LogP contribution in [0.1, 0.15) is 71.6 Å². The van der Waals surface area contributed by atoms with Crippen LogP contribution in [-0.4, -0.2) is 12.6 Å². The van der Waals surface area contributed by atoms with E-state index in [2.05, 4.69) is 31.8 Å². The van der Waals surface area contributed by atoms with Gasteiger partial charge in [0, 0.05) is 6.04 Å². The molecule has 0 radical (unpaired) electrons. The molecule has 1 fully saturated rings. The zero-order valence-electron chi connectivity index (χ0n) is 11.9. The molecule has 1 unspecified atom stereocenters. The number of hydrogen-bond donors (Lipinski definition) is 1. The first-order chi connectivity index (χ1) is 8.23. The van der Waals surface area contributed by atoms with Gasteiger partial charge in [0.25, 0.3) is 0 Å². The molecule has 1 rings (SSSR count). The van der Waals surface area contributed by atoms with Gasteiger partial charge in [0.05, 0.1) is 0 Å². The van der Waals surface area contributed by atoms with E-state index in [1.165, 1.54) is 64.3 Å². The largest absolute Gasteiger partial charge is 0.313 e. The fraction of sp³-hybridized carbons (Fsp3) is 0.875. The number of allylic oxidation sites excluding steroid dienone is 1. The molecule has 100 valence electrons. The van der Waals surface area contributed by atoms with Crippen molar-refractivity contribution in [2.45, 2.75) is 77.7 Å². The number of hydrogen-bond acceptors (Lipinski definition) is 1. The molecule has 0 bridgehead atoms. The molecule has 0 spiro atoms. The molecule has 1 saturated carbocycles. The molecule has 1 N–H and O–H groups in total. The zero-order valence-corrected chi connectivity index (χ0v) is 11.9. The van der Waals surface area contributed by atoms with Gasteiger partial charge in [-0.15, -0.1) is 6.58 Å². The van der Waals surface area contributed by atoms with Crippen LogP contribution in [0, 0.1) is 5.41 Å². The van der Waals surface area contributed by atoms with Gasteiger partial charge in [-0.3, -0.25) is 0 Å². The SMILES string of the molecule is C=CCCCC(NCCC)C1(C)CCCCC1. The molecule has 1 aliphatic rings. The highest BCUT2D eigenvalue weighted by Gasteiger charge is 2.34. The third kappa shape index (κ3) is 4.83. The highest BCUT2D eigenvalue weighted by molar-refractivity contribution is 4.90. The standard InChI is InChI=1S/C16H31N/c1-4-6-8-11-15(17-14-5-2)16(3)12-9-7-10-13-16/h4,15,17H,1,5-14H2,2-3H3. The molecular weight excluding hydrogens is 206 g/mol. The maximum Gasteiger partial charge on any atom is 0.0121 e. The summed E-state index contributed by atoms with van der Waals surface area (Å²) in [7, 11) is 0. The first kappa shape index (κ1) is 14.8. The van der Waals surface area contributed by atoms with Crippen molar-refractivity contribution in [1.29, 1.82) is 0 Å². The predicted octanol–water partition coefficient (Wildman–Crippen LogP) is 4.68. The maximum absolute atomic E-state index is 3.83. The Morgan fingerprint density at radius 3 is 2.59 bits per heavy atom. The first-order valence-electron chi connectivity index (χ1n) is 7.57. The van der Waals surface area contributed by atoms with E-state index in [9.17, 15) is 0 Å². The van der Waals surface area contributed by atoms with Gasteiger partial charge in [-0.2, -0.15) is 0 Å². The lowest BCUT2D eigenvalue weighted by molar-refractivity contribution is 0.136. The quantitative estimate of drug-likeness (QED) is 0.477. The van der Waals surface area contributed by atoms with Gasteiger partial charge in [0.15, 0.2) is 0 Å². The molecule has 1 heteroatoms. The molecule has 0 aromatic rings. The maximum atomic E-state index is 3.83. The second-order valence-electron chi connectivity index (χ2n) is 5.94. The predicted molar refractivity (Wildman–Crippen MR) is 77.3 cm³/mol. The fourth-order valence-corrected chi connectivity index (χ4v) is 3.19. The van der Waals surface area contributed by atoms with Gasteiger partial charge in [0.2, 0.25) is 0 Å². The first-order valence-corrected chi connectivity index (χ1v) is 7.57. The third-order valence-electron chi connectivity index (χ3n) is 4.38. The summed E-state index contributed by atoms with van der Waals surface area (Å²) >= 11 is 0. The van der Waals surface area contributed by atoms with Gasteiger partial charge in [0.1, 0.15) is 0 Å². The minimum atomic E-state index is 0.550. The highest BCUT2D eigenvalue weighted by Crippen LogP contribution is 2.40. The summed E-state index contributed by atoms with van der Waals surface area (Å²) in [6, 6.07) is 0.725. The lowest BCUT2D eigenvalue weighted by Gasteiger charge is -2.41. The summed E-state index contributed by atoms with van der Waals surface area (Å²) in [5.41, 5.74) is 0.550. The van der Waals surface area contributed by atoms with Crippen LogP contribution in [0.2, 0.25) is 0 Å². The molecule has 0 saturated heterocycles. The summed E-state index contributed by atoms with van der Waals surface area (Å²) < 4.78 is 0. The minimum Gasteiger partial charge on any atom is -0.313 e. The van der Waals surface area contributed by atoms with E-state index >= 15 is 0 Å². The Bertz CT molecular complexity index is 204. The Morgan fingerprint density at radius 1 is 1.29 bits per heavy atom. The van der Waals surface area contributed by atoms with Crippen molar-refractivity contribution in [1.82, 2.24) is 5.32 Å². The molecular formula is C16H31N. The van der Waals surface area contributed by atoms with Crippen molar-refractivity contribution in [2.75, 3.05) is 6.54 Å². The second-order valence-corrected chi connectivity index (χ2v) is 5.94. The van der Waals surface area contributed by atoms with Gasteiger partial charge < -0.3 is 5.32 Å². The minimum absolute atomic E-state index is 0.550. The molecule has 0 aromatic heterocycles. The van der Waals surface area contributed by atoms with Crippen LogP contribution in [0.3, 0.4) is 0 Å². The molecule has 0 aliphatic heterocycles. The Morgan fingerprint density at radius 2 is 2.00 bits per heavy atom. The number of nitrogens with one attached hydrogen (secondary N) is 1. The van der Waals surface area contributed by atoms with Crippen molar-refractivity contribution in [2.24, 2.45) is 5.41 Å². The van der Waals surface area contributed by atoms with Gasteiger partial charge in [-0.05, 0) is 50.5 Å². The normalized spacial score (nSPS) is 21.1. The van der Waals surface area contributed by atoms with Crippen LogP contribution in [0.15, 0.2) is 12.7 Å². The lowest BCUT2D eigenvalue weighted by Crippen LogP contribution is -2.45. The van der Waals surface area contributed by atoms with Crippen LogP contribution < -0.4 is 5.32 Å². The molecule has 17 heavy (non-hydrogen) atoms. The van der Waals surface area contributed by atoms with Gasteiger partial charge >= 0.3 is 0 Å². The summed E-state index contributed by atoms with van der Waals surface area (Å²) in [4.78, 5) is 0. The Hall–Kier alpha value is -0.300. The van der Waals surface area contributed by atoms with Crippen LogP contribution in [-0.2, 0) is 0 Å². The lowest BCUT2D eigenvalue weighted by atomic mass is 9.69. The molecule has 0 heterocycles. The van der Waals surface area contributed by atoms with Gasteiger partial charge in [-0.25, -0.2) is 0 Å². The van der Waals surface area contributed by atoms with E-state index in [4.69, 9.17) is 0 Å². The fourth-order valence-electron chi connectivity index (χ4n) is 3.19. The van der Waals surface area contributed by atoms with Crippen molar-refractivity contribution < 1.29 is 0 Å².